The predicted molar refractivity (Wildman–Crippen MR) is 107 cm³/mol. The van der Waals surface area contributed by atoms with Gasteiger partial charge in [0, 0.05) is 29.0 Å². The number of nitrogens with one attached hydrogen (secondary N) is 1. The van der Waals surface area contributed by atoms with Crippen LogP contribution in [0.3, 0.4) is 0 Å². The Hall–Kier alpha value is -2.18. The van der Waals surface area contributed by atoms with Gasteiger partial charge in [0.1, 0.15) is 11.6 Å². The Kier molecular flexibility index (Phi) is 4.48. The first kappa shape index (κ1) is 17.9. The molecular weight excluding hydrogens is 374 g/mol. The number of hydrogen-bond donors (Lipinski definition) is 1. The maximum absolute atomic E-state index is 6.23. The van der Waals surface area contributed by atoms with Crippen LogP contribution in [0.2, 0.25) is 5.02 Å². The minimum atomic E-state index is 0.410. The molecule has 3 aromatic rings. The summed E-state index contributed by atoms with van der Waals surface area (Å²) in [6, 6.07) is 6.08. The molecule has 1 aromatic carbocycles. The third-order valence-electron chi connectivity index (χ3n) is 6.31. The average molecular weight is 398 g/mol. The summed E-state index contributed by atoms with van der Waals surface area (Å²) in [6.07, 6.45) is 4.38. The van der Waals surface area contributed by atoms with Crippen LogP contribution in [0.4, 0.5) is 0 Å². The van der Waals surface area contributed by atoms with Gasteiger partial charge in [0.2, 0.25) is 0 Å². The fourth-order valence-electron chi connectivity index (χ4n) is 4.64. The molecule has 1 saturated carbocycles. The van der Waals surface area contributed by atoms with Crippen molar-refractivity contribution >= 4 is 11.6 Å². The Balaban J connectivity index is 1.43. The third kappa shape index (κ3) is 2.95. The molecule has 0 unspecified atom stereocenters. The van der Waals surface area contributed by atoms with E-state index in [1.807, 2.05) is 19.1 Å². The maximum Gasteiger partial charge on any atom is 0.151 e. The van der Waals surface area contributed by atoms with Crippen molar-refractivity contribution < 1.29 is 4.52 Å². The van der Waals surface area contributed by atoms with Crippen molar-refractivity contribution in [1.29, 1.82) is 0 Å². The van der Waals surface area contributed by atoms with Crippen LogP contribution in [0.25, 0.3) is 5.69 Å². The fraction of sp³-hybridized carbons (Fsp3) is 0.476. The monoisotopic (exact) mass is 397 g/mol. The summed E-state index contributed by atoms with van der Waals surface area (Å²) in [7, 11) is 0. The second kappa shape index (κ2) is 7.01. The van der Waals surface area contributed by atoms with Gasteiger partial charge in [-0.25, -0.2) is 0 Å². The highest BCUT2D eigenvalue weighted by atomic mass is 35.5. The van der Waals surface area contributed by atoms with Crippen LogP contribution in [0.5, 0.6) is 0 Å². The summed E-state index contributed by atoms with van der Waals surface area (Å²) in [4.78, 5) is 0. The number of rotatable bonds is 2. The maximum atomic E-state index is 6.23. The van der Waals surface area contributed by atoms with Gasteiger partial charge in [-0.3, -0.25) is 4.57 Å². The molecule has 0 saturated heterocycles. The van der Waals surface area contributed by atoms with E-state index in [1.54, 1.807) is 0 Å². The second-order valence-corrected chi connectivity index (χ2v) is 8.42. The highest BCUT2D eigenvalue weighted by Gasteiger charge is 2.31. The first-order valence-corrected chi connectivity index (χ1v) is 10.4. The summed E-state index contributed by atoms with van der Waals surface area (Å²) < 4.78 is 7.64. The molecule has 5 rings (SSSR count). The van der Waals surface area contributed by atoms with Gasteiger partial charge in [0.05, 0.1) is 17.9 Å². The van der Waals surface area contributed by atoms with E-state index in [4.69, 9.17) is 16.1 Å². The smallest absolute Gasteiger partial charge is 0.151 e. The van der Waals surface area contributed by atoms with E-state index in [9.17, 15) is 0 Å². The van der Waals surface area contributed by atoms with Gasteiger partial charge >= 0.3 is 0 Å². The Bertz CT molecular complexity index is 1020. The van der Waals surface area contributed by atoms with Crippen LogP contribution in [-0.4, -0.2) is 19.9 Å². The lowest BCUT2D eigenvalue weighted by Gasteiger charge is -2.27. The SMILES string of the molecule is Cc1onc([C@H]2CC[C@H](c3nnc4n3-c3ccc(Cl)cc3CNC4)CC2)c1C. The lowest BCUT2D eigenvalue weighted by atomic mass is 9.79. The molecule has 7 heteroatoms. The summed E-state index contributed by atoms with van der Waals surface area (Å²) in [5.74, 6) is 3.87. The second-order valence-electron chi connectivity index (χ2n) is 7.98. The molecule has 146 valence electrons. The topological polar surface area (TPSA) is 68.8 Å². The van der Waals surface area contributed by atoms with Gasteiger partial charge in [0.15, 0.2) is 5.82 Å². The zero-order chi connectivity index (χ0) is 19.3. The van der Waals surface area contributed by atoms with E-state index >= 15 is 0 Å². The zero-order valence-electron chi connectivity index (χ0n) is 16.2. The van der Waals surface area contributed by atoms with E-state index in [0.717, 1.165) is 66.0 Å². The average Bonchev–Trinajstić information content (AvgIpc) is 3.21. The Labute approximate surface area is 169 Å². The van der Waals surface area contributed by atoms with Gasteiger partial charge in [-0.05, 0) is 63.3 Å². The van der Waals surface area contributed by atoms with E-state index < -0.39 is 0 Å². The predicted octanol–water partition coefficient (Wildman–Crippen LogP) is 4.57. The fourth-order valence-corrected chi connectivity index (χ4v) is 4.83. The lowest BCUT2D eigenvalue weighted by Crippen LogP contribution is -2.17. The molecule has 28 heavy (non-hydrogen) atoms. The summed E-state index contributed by atoms with van der Waals surface area (Å²) in [5, 5.41) is 17.6. The Morgan fingerprint density at radius 3 is 2.61 bits per heavy atom. The molecule has 6 nitrogen and oxygen atoms in total. The number of hydrogen-bond acceptors (Lipinski definition) is 5. The van der Waals surface area contributed by atoms with Gasteiger partial charge in [0.25, 0.3) is 0 Å². The number of nitrogens with zero attached hydrogens (tertiary/aromatic N) is 4. The molecule has 2 aliphatic rings. The van der Waals surface area contributed by atoms with E-state index in [2.05, 4.69) is 38.2 Å². The summed E-state index contributed by atoms with van der Waals surface area (Å²) in [5.41, 5.74) is 4.68. The van der Waals surface area contributed by atoms with Crippen molar-refractivity contribution in [2.75, 3.05) is 0 Å². The summed E-state index contributed by atoms with van der Waals surface area (Å²) >= 11 is 6.23. The van der Waals surface area contributed by atoms with E-state index in [0.29, 0.717) is 18.4 Å². The molecule has 3 heterocycles. The minimum absolute atomic E-state index is 0.410. The van der Waals surface area contributed by atoms with Gasteiger partial charge in [-0.1, -0.05) is 16.8 Å². The number of aryl methyl sites for hydroxylation is 1. The van der Waals surface area contributed by atoms with Crippen LogP contribution < -0.4 is 5.32 Å². The molecule has 0 bridgehead atoms. The van der Waals surface area contributed by atoms with E-state index in [-0.39, 0.29) is 0 Å². The molecule has 1 fully saturated rings. The van der Waals surface area contributed by atoms with Crippen LogP contribution in [0, 0.1) is 13.8 Å². The number of fused-ring (bicyclic) bond motifs is 3. The van der Waals surface area contributed by atoms with Crippen molar-refractivity contribution in [3.63, 3.8) is 0 Å². The standard InChI is InChI=1S/C21H24ClN5O/c1-12-13(2)28-26-20(12)14-3-5-15(6-4-14)21-25-24-19-11-23-10-16-9-17(22)7-8-18(16)27(19)21/h7-9,14-15,23H,3-6,10-11H2,1-2H3/t14-,15-. The van der Waals surface area contributed by atoms with Crippen molar-refractivity contribution in [2.45, 2.75) is 64.5 Å². The molecular formula is C21H24ClN5O. The molecule has 0 spiro atoms. The molecule has 0 amide bonds. The van der Waals surface area contributed by atoms with Crippen LogP contribution >= 0.6 is 11.6 Å². The van der Waals surface area contributed by atoms with Crippen molar-refractivity contribution in [2.24, 2.45) is 0 Å². The van der Waals surface area contributed by atoms with Crippen molar-refractivity contribution in [3.05, 3.63) is 57.5 Å². The summed E-state index contributed by atoms with van der Waals surface area (Å²) in [6.45, 7) is 5.60. The lowest BCUT2D eigenvalue weighted by molar-refractivity contribution is 0.347. The van der Waals surface area contributed by atoms with Crippen LogP contribution in [0.1, 0.15) is 71.7 Å². The van der Waals surface area contributed by atoms with Crippen LogP contribution in [0.15, 0.2) is 22.7 Å². The highest BCUT2D eigenvalue weighted by Crippen LogP contribution is 2.41. The number of halogens is 1. The normalized spacial score (nSPS) is 21.8. The van der Waals surface area contributed by atoms with Gasteiger partial charge in [-0.2, -0.15) is 0 Å². The van der Waals surface area contributed by atoms with E-state index in [1.165, 1.54) is 11.1 Å². The third-order valence-corrected chi connectivity index (χ3v) is 6.54. The minimum Gasteiger partial charge on any atom is -0.361 e. The van der Waals surface area contributed by atoms with Gasteiger partial charge < -0.3 is 9.84 Å². The van der Waals surface area contributed by atoms with Crippen molar-refractivity contribution in [3.8, 4) is 5.69 Å². The van der Waals surface area contributed by atoms with Crippen molar-refractivity contribution in [1.82, 2.24) is 25.2 Å². The first-order valence-electron chi connectivity index (χ1n) is 9.98. The zero-order valence-corrected chi connectivity index (χ0v) is 17.0. The Morgan fingerprint density at radius 2 is 1.86 bits per heavy atom. The van der Waals surface area contributed by atoms with Crippen LogP contribution in [-0.2, 0) is 13.1 Å². The largest absolute Gasteiger partial charge is 0.361 e. The number of aromatic nitrogens is 4. The Morgan fingerprint density at radius 1 is 1.07 bits per heavy atom. The number of benzene rings is 1. The quantitative estimate of drug-likeness (QED) is 0.685. The molecule has 1 aliphatic heterocycles. The molecule has 1 N–H and O–H groups in total. The highest BCUT2D eigenvalue weighted by molar-refractivity contribution is 6.30. The first-order chi connectivity index (χ1) is 13.6. The molecule has 1 aliphatic carbocycles. The van der Waals surface area contributed by atoms with Gasteiger partial charge in [-0.15, -0.1) is 10.2 Å². The molecule has 0 radical (unpaired) electrons. The molecule has 2 aromatic heterocycles. The molecule has 0 atom stereocenters.